The molecule has 0 radical (unpaired) electrons. The fraction of sp³-hybridized carbons (Fsp3) is 0.286. The predicted octanol–water partition coefficient (Wildman–Crippen LogP) is 2.26. The number of carbonyl (C=O) groups excluding carboxylic acids is 3. The Labute approximate surface area is 184 Å². The minimum Gasteiger partial charge on any atom is -0.351 e. The van der Waals surface area contributed by atoms with Crippen molar-refractivity contribution in [1.29, 1.82) is 0 Å². The number of nitrogens with one attached hydrogen (secondary N) is 2. The van der Waals surface area contributed by atoms with Crippen molar-refractivity contribution < 1.29 is 18.8 Å². The lowest BCUT2D eigenvalue weighted by Crippen LogP contribution is -2.64. The van der Waals surface area contributed by atoms with Crippen LogP contribution < -0.4 is 16.4 Å². The summed E-state index contributed by atoms with van der Waals surface area (Å²) in [4.78, 5) is 41.6. The van der Waals surface area contributed by atoms with Crippen LogP contribution in [0.15, 0.2) is 48.5 Å². The van der Waals surface area contributed by atoms with Gasteiger partial charge in [0.15, 0.2) is 6.17 Å². The summed E-state index contributed by atoms with van der Waals surface area (Å²) in [5.41, 5.74) is 6.06. The standard InChI is InChI=1S/C21H23ClFN5O3/c22-15-7-5-14(6-8-15)20(30)27-11-2-12-28(19(27)18(29)25-10-9-24)21(31)26-17-4-1-3-16(23)13-17/h1,3-8,13,19H,2,9-12,24H2,(H,25,29)(H,26,31). The normalized spacial score (nSPS) is 16.0. The van der Waals surface area contributed by atoms with Gasteiger partial charge >= 0.3 is 6.03 Å². The van der Waals surface area contributed by atoms with Crippen molar-refractivity contribution in [3.8, 4) is 0 Å². The fourth-order valence-electron chi connectivity index (χ4n) is 3.34. The number of benzene rings is 2. The van der Waals surface area contributed by atoms with Gasteiger partial charge in [-0.05, 0) is 48.9 Å². The molecule has 2 aromatic rings. The van der Waals surface area contributed by atoms with Crippen molar-refractivity contribution in [1.82, 2.24) is 15.1 Å². The van der Waals surface area contributed by atoms with E-state index < -0.39 is 29.8 Å². The Bertz CT molecular complexity index is 956. The molecule has 1 unspecified atom stereocenters. The number of carbonyl (C=O) groups is 3. The maximum atomic E-state index is 13.5. The summed E-state index contributed by atoms with van der Waals surface area (Å²) in [6.07, 6.45) is -0.714. The molecule has 4 amide bonds. The third kappa shape index (κ3) is 5.50. The number of nitrogens with two attached hydrogens (primary N) is 1. The van der Waals surface area contributed by atoms with Crippen LogP contribution in [0.4, 0.5) is 14.9 Å². The van der Waals surface area contributed by atoms with Crippen molar-refractivity contribution in [2.24, 2.45) is 5.73 Å². The highest BCUT2D eigenvalue weighted by atomic mass is 35.5. The summed E-state index contributed by atoms with van der Waals surface area (Å²) >= 11 is 5.90. The SMILES string of the molecule is NCCNC(=O)C1N(C(=O)Nc2cccc(F)c2)CCCN1C(=O)c1ccc(Cl)cc1. The number of rotatable bonds is 5. The Hall–Kier alpha value is -3.17. The number of halogens is 2. The van der Waals surface area contributed by atoms with Crippen LogP contribution >= 0.6 is 11.6 Å². The van der Waals surface area contributed by atoms with E-state index in [4.69, 9.17) is 17.3 Å². The highest BCUT2D eigenvalue weighted by Crippen LogP contribution is 2.21. The van der Waals surface area contributed by atoms with Crippen LogP contribution in [0.3, 0.4) is 0 Å². The smallest absolute Gasteiger partial charge is 0.323 e. The first-order valence-electron chi connectivity index (χ1n) is 9.78. The third-order valence-electron chi connectivity index (χ3n) is 4.76. The third-order valence-corrected chi connectivity index (χ3v) is 5.01. The second kappa shape index (κ2) is 10.2. The predicted molar refractivity (Wildman–Crippen MR) is 115 cm³/mol. The van der Waals surface area contributed by atoms with Crippen LogP contribution in [-0.4, -0.2) is 60.0 Å². The molecule has 0 saturated carbocycles. The Kier molecular flexibility index (Phi) is 7.43. The largest absolute Gasteiger partial charge is 0.351 e. The van der Waals surface area contributed by atoms with Gasteiger partial charge in [0.1, 0.15) is 5.82 Å². The molecule has 0 spiro atoms. The van der Waals surface area contributed by atoms with Crippen LogP contribution in [0.1, 0.15) is 16.8 Å². The highest BCUT2D eigenvalue weighted by Gasteiger charge is 2.40. The highest BCUT2D eigenvalue weighted by molar-refractivity contribution is 6.30. The summed E-state index contributed by atoms with van der Waals surface area (Å²) < 4.78 is 13.5. The Morgan fingerprint density at radius 3 is 2.48 bits per heavy atom. The Morgan fingerprint density at radius 2 is 1.81 bits per heavy atom. The molecule has 1 saturated heterocycles. The van der Waals surface area contributed by atoms with Gasteiger partial charge in [-0.1, -0.05) is 17.7 Å². The van der Waals surface area contributed by atoms with E-state index in [0.717, 1.165) is 0 Å². The van der Waals surface area contributed by atoms with Crippen LogP contribution in [0.5, 0.6) is 0 Å². The van der Waals surface area contributed by atoms with Crippen molar-refractivity contribution in [2.75, 3.05) is 31.5 Å². The Morgan fingerprint density at radius 1 is 1.10 bits per heavy atom. The maximum Gasteiger partial charge on any atom is 0.323 e. The quantitative estimate of drug-likeness (QED) is 0.653. The van der Waals surface area contributed by atoms with E-state index in [1.165, 1.54) is 34.1 Å². The lowest BCUT2D eigenvalue weighted by Gasteiger charge is -2.42. The molecular weight excluding hydrogens is 425 g/mol. The topological polar surface area (TPSA) is 108 Å². The van der Waals surface area contributed by atoms with E-state index in [1.807, 2.05) is 0 Å². The van der Waals surface area contributed by atoms with E-state index in [1.54, 1.807) is 24.3 Å². The zero-order chi connectivity index (χ0) is 22.4. The number of amides is 4. The number of urea groups is 1. The lowest BCUT2D eigenvalue weighted by atomic mass is 10.1. The number of anilines is 1. The van der Waals surface area contributed by atoms with Crippen molar-refractivity contribution >= 4 is 35.1 Å². The van der Waals surface area contributed by atoms with Gasteiger partial charge in [0.2, 0.25) is 0 Å². The van der Waals surface area contributed by atoms with Gasteiger partial charge in [-0.2, -0.15) is 0 Å². The number of nitrogens with zero attached hydrogens (tertiary/aromatic N) is 2. The summed E-state index contributed by atoms with van der Waals surface area (Å²) in [7, 11) is 0. The molecule has 31 heavy (non-hydrogen) atoms. The molecule has 1 fully saturated rings. The summed E-state index contributed by atoms with van der Waals surface area (Å²) in [5.74, 6) is -1.44. The lowest BCUT2D eigenvalue weighted by molar-refractivity contribution is -0.132. The van der Waals surface area contributed by atoms with Gasteiger partial charge in [-0.25, -0.2) is 9.18 Å². The number of hydrogen-bond acceptors (Lipinski definition) is 4. The van der Waals surface area contributed by atoms with Gasteiger partial charge in [-0.3, -0.25) is 14.5 Å². The molecular formula is C21H23ClFN5O3. The van der Waals surface area contributed by atoms with E-state index >= 15 is 0 Å². The van der Waals surface area contributed by atoms with E-state index in [0.29, 0.717) is 17.0 Å². The van der Waals surface area contributed by atoms with Gasteiger partial charge < -0.3 is 21.3 Å². The maximum absolute atomic E-state index is 13.5. The van der Waals surface area contributed by atoms with Gasteiger partial charge in [0.25, 0.3) is 11.8 Å². The first kappa shape index (κ1) is 22.5. The molecule has 1 aliphatic heterocycles. The molecule has 0 aliphatic carbocycles. The molecule has 0 aromatic heterocycles. The van der Waals surface area contributed by atoms with Crippen LogP contribution in [0.25, 0.3) is 0 Å². The zero-order valence-corrected chi connectivity index (χ0v) is 17.4. The molecule has 1 aliphatic rings. The molecule has 1 atom stereocenters. The summed E-state index contributed by atoms with van der Waals surface area (Å²) in [6, 6.07) is 11.1. The first-order valence-corrected chi connectivity index (χ1v) is 10.2. The average Bonchev–Trinajstić information content (AvgIpc) is 2.77. The monoisotopic (exact) mass is 447 g/mol. The van der Waals surface area contributed by atoms with Crippen LogP contribution in [0.2, 0.25) is 5.02 Å². The van der Waals surface area contributed by atoms with Gasteiger partial charge in [0.05, 0.1) is 0 Å². The van der Waals surface area contributed by atoms with E-state index in [-0.39, 0.29) is 31.9 Å². The van der Waals surface area contributed by atoms with E-state index in [2.05, 4.69) is 10.6 Å². The first-order chi connectivity index (χ1) is 14.9. The minimum absolute atomic E-state index is 0.192. The summed E-state index contributed by atoms with van der Waals surface area (Å²) in [6.45, 7) is 0.926. The second-order valence-electron chi connectivity index (χ2n) is 6.95. The van der Waals surface area contributed by atoms with Crippen molar-refractivity contribution in [3.63, 3.8) is 0 Å². The molecule has 164 valence electrons. The van der Waals surface area contributed by atoms with E-state index in [9.17, 15) is 18.8 Å². The number of hydrogen-bond donors (Lipinski definition) is 3. The molecule has 10 heteroatoms. The van der Waals surface area contributed by atoms with Crippen molar-refractivity contribution in [2.45, 2.75) is 12.6 Å². The minimum atomic E-state index is -1.18. The van der Waals surface area contributed by atoms with Crippen LogP contribution in [-0.2, 0) is 4.79 Å². The molecule has 1 heterocycles. The average molecular weight is 448 g/mol. The van der Waals surface area contributed by atoms with Gasteiger partial charge in [-0.15, -0.1) is 0 Å². The van der Waals surface area contributed by atoms with Crippen molar-refractivity contribution in [3.05, 3.63) is 64.9 Å². The zero-order valence-electron chi connectivity index (χ0n) is 16.7. The van der Waals surface area contributed by atoms with Crippen LogP contribution in [0, 0.1) is 5.82 Å². The molecule has 2 aromatic carbocycles. The molecule has 4 N–H and O–H groups in total. The summed E-state index contributed by atoms with van der Waals surface area (Å²) in [5, 5.41) is 5.71. The molecule has 8 nitrogen and oxygen atoms in total. The van der Waals surface area contributed by atoms with Gasteiger partial charge in [0, 0.05) is 42.5 Å². The molecule has 3 rings (SSSR count). The fourth-order valence-corrected chi connectivity index (χ4v) is 3.46. The second-order valence-corrected chi connectivity index (χ2v) is 7.38. The Balaban J connectivity index is 1.87. The molecule has 0 bridgehead atoms.